The first kappa shape index (κ1) is 21.7. The van der Waals surface area contributed by atoms with E-state index >= 15 is 0 Å². The van der Waals surface area contributed by atoms with Crippen molar-refractivity contribution in [3.63, 3.8) is 0 Å². The third-order valence-corrected chi connectivity index (χ3v) is 4.25. The zero-order chi connectivity index (χ0) is 22.1. The van der Waals surface area contributed by atoms with Gasteiger partial charge < -0.3 is 19.2 Å². The minimum absolute atomic E-state index is 0.0472. The number of carbonyl (C=O) groups is 1. The fourth-order valence-corrected chi connectivity index (χ4v) is 2.73. The summed E-state index contributed by atoms with van der Waals surface area (Å²) in [5.74, 6) is 0.757. The van der Waals surface area contributed by atoms with E-state index in [0.29, 0.717) is 29.4 Å². The molecular formula is C24H21FN2O4. The van der Waals surface area contributed by atoms with E-state index in [1.54, 1.807) is 42.5 Å². The molecule has 0 fully saturated rings. The Labute approximate surface area is 179 Å². The average molecular weight is 420 g/mol. The van der Waals surface area contributed by atoms with Crippen LogP contribution < -0.4 is 14.8 Å². The van der Waals surface area contributed by atoms with Crippen LogP contribution >= 0.6 is 0 Å². The standard InChI is InChI=1S/C24H21FN2O4/c1-2-29-23-13-18(7-10-22(23)31-16-17-5-8-20(25)9-6-17)12-19(14-26)24(28)27-15-21-4-3-11-30-21/h3-13H,2,15-16H2,1H3,(H,27,28)/b19-12+. The summed E-state index contributed by atoms with van der Waals surface area (Å²) >= 11 is 0. The number of furan rings is 1. The lowest BCUT2D eigenvalue weighted by Crippen LogP contribution is -2.23. The summed E-state index contributed by atoms with van der Waals surface area (Å²) in [4.78, 5) is 12.3. The molecule has 1 aromatic heterocycles. The number of hydrogen-bond acceptors (Lipinski definition) is 5. The Morgan fingerprint density at radius 2 is 1.97 bits per heavy atom. The van der Waals surface area contributed by atoms with E-state index in [4.69, 9.17) is 13.9 Å². The number of halogens is 1. The summed E-state index contributed by atoms with van der Waals surface area (Å²) in [5.41, 5.74) is 1.38. The largest absolute Gasteiger partial charge is 0.490 e. The summed E-state index contributed by atoms with van der Waals surface area (Å²) in [6.45, 7) is 2.68. The van der Waals surface area contributed by atoms with Crippen LogP contribution in [0.15, 0.2) is 70.9 Å². The molecular weight excluding hydrogens is 399 g/mol. The molecule has 0 aliphatic rings. The highest BCUT2D eigenvalue weighted by atomic mass is 19.1. The van der Waals surface area contributed by atoms with E-state index in [1.165, 1.54) is 24.5 Å². The molecule has 3 aromatic rings. The molecule has 1 N–H and O–H groups in total. The Bertz CT molecular complexity index is 1080. The van der Waals surface area contributed by atoms with Gasteiger partial charge in [0.2, 0.25) is 0 Å². The fourth-order valence-electron chi connectivity index (χ4n) is 2.73. The second-order valence-electron chi connectivity index (χ2n) is 6.49. The number of benzene rings is 2. The molecule has 3 rings (SSSR count). The highest BCUT2D eigenvalue weighted by Gasteiger charge is 2.12. The molecule has 7 heteroatoms. The second-order valence-corrected chi connectivity index (χ2v) is 6.49. The van der Waals surface area contributed by atoms with Crippen molar-refractivity contribution in [2.24, 2.45) is 0 Å². The Kier molecular flexibility index (Phi) is 7.44. The molecule has 0 aliphatic heterocycles. The van der Waals surface area contributed by atoms with Crippen molar-refractivity contribution in [3.05, 3.63) is 89.1 Å². The van der Waals surface area contributed by atoms with E-state index in [1.807, 2.05) is 13.0 Å². The van der Waals surface area contributed by atoms with Gasteiger partial charge in [-0.2, -0.15) is 5.26 Å². The van der Waals surface area contributed by atoms with Crippen LogP contribution in [0, 0.1) is 17.1 Å². The van der Waals surface area contributed by atoms with Crippen LogP contribution in [0.1, 0.15) is 23.8 Å². The Morgan fingerprint density at radius 1 is 1.16 bits per heavy atom. The summed E-state index contributed by atoms with van der Waals surface area (Å²) in [6, 6.07) is 16.5. The van der Waals surface area contributed by atoms with Crippen molar-refractivity contribution in [2.75, 3.05) is 6.61 Å². The highest BCUT2D eigenvalue weighted by molar-refractivity contribution is 6.01. The normalized spacial score (nSPS) is 10.9. The number of amides is 1. The molecule has 1 amide bonds. The van der Waals surface area contributed by atoms with Gasteiger partial charge in [0, 0.05) is 0 Å². The lowest BCUT2D eigenvalue weighted by molar-refractivity contribution is -0.117. The van der Waals surface area contributed by atoms with E-state index in [-0.39, 0.29) is 24.5 Å². The molecule has 0 aliphatic carbocycles. The van der Waals surface area contributed by atoms with Gasteiger partial charge in [0.25, 0.3) is 5.91 Å². The zero-order valence-electron chi connectivity index (χ0n) is 16.9. The molecule has 0 saturated heterocycles. The smallest absolute Gasteiger partial charge is 0.262 e. The second kappa shape index (κ2) is 10.6. The van der Waals surface area contributed by atoms with E-state index in [9.17, 15) is 14.4 Å². The summed E-state index contributed by atoms with van der Waals surface area (Å²) in [6.07, 6.45) is 2.99. The maximum atomic E-state index is 13.0. The molecule has 1 heterocycles. The van der Waals surface area contributed by atoms with Crippen LogP contribution in [0.4, 0.5) is 4.39 Å². The number of ether oxygens (including phenoxy) is 2. The minimum atomic E-state index is -0.506. The number of hydrogen-bond donors (Lipinski definition) is 1. The molecule has 6 nitrogen and oxygen atoms in total. The Morgan fingerprint density at radius 3 is 2.65 bits per heavy atom. The van der Waals surface area contributed by atoms with Gasteiger partial charge in [0.1, 0.15) is 29.8 Å². The monoisotopic (exact) mass is 420 g/mol. The number of carbonyl (C=O) groups excluding carboxylic acids is 1. The third-order valence-electron chi connectivity index (χ3n) is 4.25. The lowest BCUT2D eigenvalue weighted by atomic mass is 10.1. The number of nitriles is 1. The van der Waals surface area contributed by atoms with Gasteiger partial charge in [-0.1, -0.05) is 18.2 Å². The molecule has 0 saturated carbocycles. The summed E-state index contributed by atoms with van der Waals surface area (Å²) in [5, 5.41) is 12.0. The molecule has 0 radical (unpaired) electrons. The summed E-state index contributed by atoms with van der Waals surface area (Å²) in [7, 11) is 0. The van der Waals surface area contributed by atoms with Crippen molar-refractivity contribution >= 4 is 12.0 Å². The van der Waals surface area contributed by atoms with Crippen LogP contribution in [0.25, 0.3) is 6.08 Å². The van der Waals surface area contributed by atoms with Crippen molar-refractivity contribution in [1.29, 1.82) is 5.26 Å². The predicted octanol–water partition coefficient (Wildman–Crippen LogP) is 4.62. The quantitative estimate of drug-likeness (QED) is 0.403. The van der Waals surface area contributed by atoms with Gasteiger partial charge in [0.05, 0.1) is 19.4 Å². The zero-order valence-corrected chi connectivity index (χ0v) is 16.9. The molecule has 158 valence electrons. The fraction of sp³-hybridized carbons (Fsp3) is 0.167. The minimum Gasteiger partial charge on any atom is -0.490 e. The van der Waals surface area contributed by atoms with Gasteiger partial charge in [0.15, 0.2) is 11.5 Å². The predicted molar refractivity (Wildman–Crippen MR) is 112 cm³/mol. The lowest BCUT2D eigenvalue weighted by Gasteiger charge is -2.13. The Hall–Kier alpha value is -4.05. The van der Waals surface area contributed by atoms with E-state index in [0.717, 1.165) is 5.56 Å². The number of nitrogens with one attached hydrogen (secondary N) is 1. The first-order valence-electron chi connectivity index (χ1n) is 9.65. The van der Waals surface area contributed by atoms with Crippen molar-refractivity contribution in [3.8, 4) is 17.6 Å². The maximum absolute atomic E-state index is 13.0. The van der Waals surface area contributed by atoms with Crippen molar-refractivity contribution in [1.82, 2.24) is 5.32 Å². The van der Waals surface area contributed by atoms with Gasteiger partial charge in [-0.05, 0) is 60.5 Å². The van der Waals surface area contributed by atoms with E-state index in [2.05, 4.69) is 5.32 Å². The van der Waals surface area contributed by atoms with Crippen molar-refractivity contribution < 1.29 is 23.1 Å². The van der Waals surface area contributed by atoms with Crippen molar-refractivity contribution in [2.45, 2.75) is 20.1 Å². The SMILES string of the molecule is CCOc1cc(/C=C(\C#N)C(=O)NCc2ccco2)ccc1OCc1ccc(F)cc1. The van der Waals surface area contributed by atoms with E-state index < -0.39 is 5.91 Å². The number of rotatable bonds is 9. The molecule has 0 atom stereocenters. The van der Waals surface area contributed by atoms with Crippen LogP contribution in [0.3, 0.4) is 0 Å². The molecule has 31 heavy (non-hydrogen) atoms. The van der Waals surface area contributed by atoms with Gasteiger partial charge >= 0.3 is 0 Å². The summed E-state index contributed by atoms with van der Waals surface area (Å²) < 4.78 is 29.7. The first-order chi connectivity index (χ1) is 15.1. The average Bonchev–Trinajstić information content (AvgIpc) is 3.30. The van der Waals surface area contributed by atoms with Crippen LogP contribution in [-0.4, -0.2) is 12.5 Å². The number of nitrogens with zero attached hydrogens (tertiary/aromatic N) is 1. The molecule has 0 spiro atoms. The topological polar surface area (TPSA) is 84.5 Å². The van der Waals surface area contributed by atoms with Crippen LogP contribution in [0.2, 0.25) is 0 Å². The molecule has 0 unspecified atom stereocenters. The molecule has 2 aromatic carbocycles. The maximum Gasteiger partial charge on any atom is 0.262 e. The highest BCUT2D eigenvalue weighted by Crippen LogP contribution is 2.30. The Balaban J connectivity index is 1.72. The first-order valence-corrected chi connectivity index (χ1v) is 9.65. The molecule has 0 bridgehead atoms. The van der Waals surface area contributed by atoms with Crippen LogP contribution in [0.5, 0.6) is 11.5 Å². The van der Waals surface area contributed by atoms with Gasteiger partial charge in [-0.3, -0.25) is 4.79 Å². The third kappa shape index (κ3) is 6.21. The van der Waals surface area contributed by atoms with Gasteiger partial charge in [-0.25, -0.2) is 4.39 Å². The van der Waals surface area contributed by atoms with Gasteiger partial charge in [-0.15, -0.1) is 0 Å². The van der Waals surface area contributed by atoms with Crippen LogP contribution in [-0.2, 0) is 17.9 Å².